The molecule has 0 aliphatic carbocycles. The van der Waals surface area contributed by atoms with E-state index < -0.39 is 0 Å². The number of ether oxygens (including phenoxy) is 1. The largest absolute Gasteiger partial charge is 0.494 e. The van der Waals surface area contributed by atoms with Crippen LogP contribution in [0.5, 0.6) is 5.75 Å². The highest BCUT2D eigenvalue weighted by Gasteiger charge is 2.27. The summed E-state index contributed by atoms with van der Waals surface area (Å²) in [7, 11) is 1.95. The van der Waals surface area contributed by atoms with Crippen LogP contribution in [0.25, 0.3) is 0 Å². The second-order valence-electron chi connectivity index (χ2n) is 6.70. The van der Waals surface area contributed by atoms with Gasteiger partial charge in [-0.25, -0.2) is 0 Å². The maximum absolute atomic E-state index is 12.5. The Morgan fingerprint density at radius 2 is 1.96 bits per heavy atom. The van der Waals surface area contributed by atoms with E-state index in [0.717, 1.165) is 57.6 Å². The van der Waals surface area contributed by atoms with Gasteiger partial charge in [-0.3, -0.25) is 9.69 Å². The van der Waals surface area contributed by atoms with E-state index in [4.69, 9.17) is 4.74 Å². The molecule has 1 aromatic rings. The number of amides is 1. The summed E-state index contributed by atoms with van der Waals surface area (Å²) in [5.74, 6) is 1.51. The van der Waals surface area contributed by atoms with E-state index in [9.17, 15) is 4.79 Å². The zero-order chi connectivity index (χ0) is 17.4. The molecule has 0 aromatic heterocycles. The highest BCUT2D eigenvalue weighted by molar-refractivity contribution is 5.78. The highest BCUT2D eigenvalue weighted by atomic mass is 16.5. The highest BCUT2D eigenvalue weighted by Crippen LogP contribution is 2.24. The fourth-order valence-corrected chi connectivity index (χ4v) is 3.33. The van der Waals surface area contributed by atoms with Gasteiger partial charge in [0.15, 0.2) is 0 Å². The quantitative estimate of drug-likeness (QED) is 0.730. The molecule has 4 nitrogen and oxygen atoms in total. The smallest absolute Gasteiger partial charge is 0.225 e. The third kappa shape index (κ3) is 5.23. The molecule has 1 heterocycles. The van der Waals surface area contributed by atoms with Crippen molar-refractivity contribution in [2.75, 3.05) is 33.3 Å². The summed E-state index contributed by atoms with van der Waals surface area (Å²) < 4.78 is 5.72. The summed E-state index contributed by atoms with van der Waals surface area (Å²) in [5, 5.41) is 0. The molecule has 0 spiro atoms. The first kappa shape index (κ1) is 18.8. The van der Waals surface area contributed by atoms with E-state index >= 15 is 0 Å². The lowest BCUT2D eigenvalue weighted by Gasteiger charge is -2.33. The monoisotopic (exact) mass is 332 g/mol. The van der Waals surface area contributed by atoms with Gasteiger partial charge in [0.2, 0.25) is 5.91 Å². The predicted octanol–water partition coefficient (Wildman–Crippen LogP) is 3.56. The van der Waals surface area contributed by atoms with Crippen LogP contribution in [0, 0.1) is 5.92 Å². The molecule has 0 unspecified atom stereocenters. The Bertz CT molecular complexity index is 510. The first-order valence-electron chi connectivity index (χ1n) is 9.33. The maximum Gasteiger partial charge on any atom is 0.225 e. The summed E-state index contributed by atoms with van der Waals surface area (Å²) in [6.07, 6.45) is 4.16. The molecule has 1 fully saturated rings. The minimum absolute atomic E-state index is 0.199. The number of carbonyl (C=O) groups excluding carboxylic acids is 1. The first-order chi connectivity index (χ1) is 11.7. The van der Waals surface area contributed by atoms with Crippen LogP contribution in [0.2, 0.25) is 0 Å². The fraction of sp³-hybridized carbons (Fsp3) is 0.650. The zero-order valence-electron chi connectivity index (χ0n) is 15.5. The average molecular weight is 332 g/mol. The van der Waals surface area contributed by atoms with Gasteiger partial charge in [0.1, 0.15) is 5.75 Å². The number of hydrogen-bond acceptors (Lipinski definition) is 3. The molecule has 0 N–H and O–H groups in total. The minimum Gasteiger partial charge on any atom is -0.494 e. The zero-order valence-corrected chi connectivity index (χ0v) is 15.5. The molecule has 2 rings (SSSR count). The van der Waals surface area contributed by atoms with Crippen molar-refractivity contribution in [3.63, 3.8) is 0 Å². The van der Waals surface area contributed by atoms with Crippen LogP contribution in [0.15, 0.2) is 24.3 Å². The summed E-state index contributed by atoms with van der Waals surface area (Å²) in [5.41, 5.74) is 1.24. The van der Waals surface area contributed by atoms with E-state index in [2.05, 4.69) is 24.0 Å². The minimum atomic E-state index is 0.199. The van der Waals surface area contributed by atoms with Crippen molar-refractivity contribution < 1.29 is 9.53 Å². The topological polar surface area (TPSA) is 32.8 Å². The van der Waals surface area contributed by atoms with Crippen molar-refractivity contribution in [3.8, 4) is 5.75 Å². The lowest BCUT2D eigenvalue weighted by Crippen LogP contribution is -2.41. The number of unbranched alkanes of at least 4 members (excludes halogenated alkanes) is 1. The molecular weight excluding hydrogens is 300 g/mol. The lowest BCUT2D eigenvalue weighted by atomic mass is 9.95. The van der Waals surface area contributed by atoms with Gasteiger partial charge < -0.3 is 9.64 Å². The molecule has 1 aliphatic heterocycles. The number of para-hydroxylation sites is 1. The van der Waals surface area contributed by atoms with E-state index in [1.54, 1.807) is 0 Å². The van der Waals surface area contributed by atoms with Gasteiger partial charge >= 0.3 is 0 Å². The Morgan fingerprint density at radius 3 is 2.62 bits per heavy atom. The summed E-state index contributed by atoms with van der Waals surface area (Å²) >= 11 is 0. The van der Waals surface area contributed by atoms with Crippen LogP contribution in [0.3, 0.4) is 0 Å². The van der Waals surface area contributed by atoms with Crippen molar-refractivity contribution in [1.29, 1.82) is 0 Å². The SMILES string of the molecule is CCCCN(C)C(=O)C1CCN(Cc2ccccc2OCC)CC1. The number of carbonyl (C=O) groups is 1. The summed E-state index contributed by atoms with van der Waals surface area (Å²) in [6.45, 7) is 8.63. The Balaban J connectivity index is 1.84. The van der Waals surface area contributed by atoms with Gasteiger partial charge in [-0.2, -0.15) is 0 Å². The van der Waals surface area contributed by atoms with Gasteiger partial charge in [-0.1, -0.05) is 31.5 Å². The standard InChI is InChI=1S/C20H32N2O2/c1-4-6-13-21(3)20(23)17-11-14-22(15-12-17)16-18-9-7-8-10-19(18)24-5-2/h7-10,17H,4-6,11-16H2,1-3H3. The van der Waals surface area contributed by atoms with Crippen LogP contribution < -0.4 is 4.74 Å². The second kappa shape index (κ2) is 9.67. The van der Waals surface area contributed by atoms with Crippen LogP contribution in [0.4, 0.5) is 0 Å². The van der Waals surface area contributed by atoms with Gasteiger partial charge in [0.05, 0.1) is 6.61 Å². The van der Waals surface area contributed by atoms with E-state index in [-0.39, 0.29) is 5.92 Å². The molecule has 1 aliphatic rings. The number of nitrogens with zero attached hydrogens (tertiary/aromatic N) is 2. The molecule has 24 heavy (non-hydrogen) atoms. The third-order valence-corrected chi connectivity index (χ3v) is 4.83. The number of likely N-dealkylation sites (tertiary alicyclic amines) is 1. The predicted molar refractivity (Wildman–Crippen MR) is 98.2 cm³/mol. The van der Waals surface area contributed by atoms with Crippen molar-refractivity contribution in [1.82, 2.24) is 9.80 Å². The third-order valence-electron chi connectivity index (χ3n) is 4.83. The molecule has 134 valence electrons. The molecule has 0 atom stereocenters. The number of piperidine rings is 1. The van der Waals surface area contributed by atoms with Gasteiger partial charge in [-0.15, -0.1) is 0 Å². The lowest BCUT2D eigenvalue weighted by molar-refractivity contribution is -0.135. The van der Waals surface area contributed by atoms with Crippen LogP contribution in [-0.4, -0.2) is 49.0 Å². The van der Waals surface area contributed by atoms with Crippen molar-refractivity contribution in [2.45, 2.75) is 46.1 Å². The van der Waals surface area contributed by atoms with Crippen LogP contribution >= 0.6 is 0 Å². The van der Waals surface area contributed by atoms with E-state index in [0.29, 0.717) is 12.5 Å². The van der Waals surface area contributed by atoms with Crippen molar-refractivity contribution in [3.05, 3.63) is 29.8 Å². The van der Waals surface area contributed by atoms with E-state index in [1.807, 2.05) is 31.0 Å². The number of benzene rings is 1. The first-order valence-corrected chi connectivity index (χ1v) is 9.33. The van der Waals surface area contributed by atoms with Crippen molar-refractivity contribution in [2.24, 2.45) is 5.92 Å². The molecule has 0 radical (unpaired) electrons. The normalized spacial score (nSPS) is 16.1. The Hall–Kier alpha value is -1.55. The van der Waals surface area contributed by atoms with Gasteiger partial charge in [0.25, 0.3) is 0 Å². The molecule has 1 saturated heterocycles. The Morgan fingerprint density at radius 1 is 1.25 bits per heavy atom. The fourth-order valence-electron chi connectivity index (χ4n) is 3.33. The van der Waals surface area contributed by atoms with Crippen LogP contribution in [0.1, 0.15) is 45.1 Å². The van der Waals surface area contributed by atoms with Gasteiger partial charge in [0, 0.05) is 31.6 Å². The maximum atomic E-state index is 12.5. The second-order valence-corrected chi connectivity index (χ2v) is 6.70. The van der Waals surface area contributed by atoms with Gasteiger partial charge in [-0.05, 0) is 45.3 Å². The molecule has 4 heteroatoms. The number of hydrogen-bond donors (Lipinski definition) is 0. The molecule has 0 saturated carbocycles. The molecule has 1 amide bonds. The Labute approximate surface area is 146 Å². The summed E-state index contributed by atoms with van der Waals surface area (Å²) in [4.78, 5) is 16.9. The van der Waals surface area contributed by atoms with Crippen LogP contribution in [-0.2, 0) is 11.3 Å². The molecule has 1 aromatic carbocycles. The molecule has 0 bridgehead atoms. The summed E-state index contributed by atoms with van der Waals surface area (Å²) in [6, 6.07) is 8.26. The Kier molecular flexibility index (Phi) is 7.57. The van der Waals surface area contributed by atoms with Crippen molar-refractivity contribution >= 4 is 5.91 Å². The average Bonchev–Trinajstić information content (AvgIpc) is 2.61. The van der Waals surface area contributed by atoms with E-state index in [1.165, 1.54) is 5.56 Å². The molecular formula is C20H32N2O2. The number of rotatable bonds is 8.